The molecule has 0 N–H and O–H groups in total. The zero-order valence-electron chi connectivity index (χ0n) is 12.0. The van der Waals surface area contributed by atoms with E-state index in [0.717, 1.165) is 17.3 Å². The van der Waals surface area contributed by atoms with Crippen molar-refractivity contribution in [3.63, 3.8) is 0 Å². The molecule has 2 aliphatic heterocycles. The number of ether oxygens (including phenoxy) is 1. The highest BCUT2D eigenvalue weighted by Gasteiger charge is 2.41. The molecule has 0 aliphatic carbocycles. The Bertz CT molecular complexity index is 814. The number of ketones is 1. The third kappa shape index (κ3) is 2.09. The molecule has 0 atom stereocenters. The van der Waals surface area contributed by atoms with Crippen LogP contribution in [0.4, 0.5) is 24.5 Å². The molecule has 118 valence electrons. The Morgan fingerprint density at radius 1 is 1.09 bits per heavy atom. The van der Waals surface area contributed by atoms with Crippen molar-refractivity contribution in [2.75, 3.05) is 11.4 Å². The Morgan fingerprint density at radius 2 is 1.87 bits per heavy atom. The van der Waals surface area contributed by atoms with E-state index in [1.165, 1.54) is 6.07 Å². The molecule has 0 fully saturated rings. The molecule has 2 aromatic carbocycles. The summed E-state index contributed by atoms with van der Waals surface area (Å²) in [6, 6.07) is 9.64. The summed E-state index contributed by atoms with van der Waals surface area (Å²) in [7, 11) is 0. The Morgan fingerprint density at radius 3 is 2.65 bits per heavy atom. The van der Waals surface area contributed by atoms with Crippen LogP contribution in [0.1, 0.15) is 27.9 Å². The third-order valence-corrected chi connectivity index (χ3v) is 4.22. The van der Waals surface area contributed by atoms with Crippen LogP contribution >= 0.6 is 0 Å². The van der Waals surface area contributed by atoms with Crippen LogP contribution < -0.4 is 9.64 Å². The summed E-state index contributed by atoms with van der Waals surface area (Å²) in [6.07, 6.45) is -4.53. The van der Waals surface area contributed by atoms with Gasteiger partial charge in [-0.1, -0.05) is 18.2 Å². The number of fused-ring (bicyclic) bond motifs is 2. The fourth-order valence-electron chi connectivity index (χ4n) is 3.22. The van der Waals surface area contributed by atoms with Gasteiger partial charge in [-0.05, 0) is 18.2 Å². The summed E-state index contributed by atoms with van der Waals surface area (Å²) in [5.41, 5.74) is 0.741. The number of alkyl halides is 3. The van der Waals surface area contributed by atoms with Crippen molar-refractivity contribution in [1.82, 2.24) is 0 Å². The highest BCUT2D eigenvalue weighted by Crippen LogP contribution is 2.48. The monoisotopic (exact) mass is 319 g/mol. The first-order valence-corrected chi connectivity index (χ1v) is 7.22. The average Bonchev–Trinajstić information content (AvgIpc) is 2.68. The zero-order chi connectivity index (χ0) is 16.2. The molecule has 0 saturated heterocycles. The molecule has 2 aliphatic rings. The first-order chi connectivity index (χ1) is 11.0. The molecule has 2 aromatic rings. The fraction of sp³-hybridized carbons (Fsp3) is 0.235. The molecule has 6 heteroatoms. The van der Waals surface area contributed by atoms with Crippen molar-refractivity contribution in [3.05, 3.63) is 53.1 Å². The van der Waals surface area contributed by atoms with E-state index >= 15 is 0 Å². The average molecular weight is 319 g/mol. The van der Waals surface area contributed by atoms with E-state index in [1.54, 1.807) is 4.90 Å². The van der Waals surface area contributed by atoms with Gasteiger partial charge in [-0.3, -0.25) is 4.79 Å². The number of anilines is 2. The van der Waals surface area contributed by atoms with Gasteiger partial charge in [0.15, 0.2) is 5.78 Å². The minimum Gasteiger partial charge on any atom is -0.487 e. The van der Waals surface area contributed by atoms with Gasteiger partial charge in [0, 0.05) is 24.2 Å². The van der Waals surface area contributed by atoms with Crippen LogP contribution in [0.2, 0.25) is 0 Å². The maximum Gasteiger partial charge on any atom is 0.417 e. The molecule has 23 heavy (non-hydrogen) atoms. The summed E-state index contributed by atoms with van der Waals surface area (Å²) in [6.45, 7) is 0.610. The molecular formula is C17H12F3NO2. The lowest BCUT2D eigenvalue weighted by Crippen LogP contribution is -2.30. The van der Waals surface area contributed by atoms with Crippen molar-refractivity contribution in [2.24, 2.45) is 0 Å². The third-order valence-electron chi connectivity index (χ3n) is 4.22. The topological polar surface area (TPSA) is 29.5 Å². The fourth-order valence-corrected chi connectivity index (χ4v) is 3.22. The second-order valence-corrected chi connectivity index (χ2v) is 5.57. The van der Waals surface area contributed by atoms with Gasteiger partial charge in [-0.25, -0.2) is 0 Å². The largest absolute Gasteiger partial charge is 0.487 e. The van der Waals surface area contributed by atoms with E-state index in [9.17, 15) is 18.0 Å². The van der Waals surface area contributed by atoms with E-state index in [4.69, 9.17) is 4.74 Å². The number of hydrogen-bond acceptors (Lipinski definition) is 3. The first kappa shape index (κ1) is 14.1. The van der Waals surface area contributed by atoms with Gasteiger partial charge >= 0.3 is 6.18 Å². The Balaban J connectivity index is 2.02. The second-order valence-electron chi connectivity index (χ2n) is 5.57. The van der Waals surface area contributed by atoms with Gasteiger partial charge in [-0.15, -0.1) is 0 Å². The number of Topliss-reactive ketones (excluding diaryl/α,β-unsaturated/α-hetero) is 1. The molecule has 0 spiro atoms. The second kappa shape index (κ2) is 4.75. The summed E-state index contributed by atoms with van der Waals surface area (Å²) < 4.78 is 45.6. The molecule has 0 aromatic heterocycles. The number of para-hydroxylation sites is 1. The van der Waals surface area contributed by atoms with Gasteiger partial charge in [0.1, 0.15) is 12.4 Å². The summed E-state index contributed by atoms with van der Waals surface area (Å²) in [5.74, 6) is -0.175. The summed E-state index contributed by atoms with van der Waals surface area (Å²) >= 11 is 0. The van der Waals surface area contributed by atoms with Crippen LogP contribution in [0, 0.1) is 0 Å². The lowest BCUT2D eigenvalue weighted by Gasteiger charge is -2.32. The molecule has 0 amide bonds. The van der Waals surface area contributed by atoms with E-state index in [1.807, 2.05) is 24.3 Å². The van der Waals surface area contributed by atoms with E-state index in [-0.39, 0.29) is 24.3 Å². The van der Waals surface area contributed by atoms with Gasteiger partial charge < -0.3 is 9.64 Å². The lowest BCUT2D eigenvalue weighted by atomic mass is 9.93. The van der Waals surface area contributed by atoms with Crippen LogP contribution in [0.15, 0.2) is 36.4 Å². The summed E-state index contributed by atoms with van der Waals surface area (Å²) in [4.78, 5) is 14.0. The minimum absolute atomic E-state index is 0.0495. The maximum atomic E-state index is 13.3. The normalized spacial score (nSPS) is 16.3. The van der Waals surface area contributed by atoms with Crippen molar-refractivity contribution in [3.8, 4) is 5.75 Å². The van der Waals surface area contributed by atoms with Gasteiger partial charge in [-0.2, -0.15) is 13.2 Å². The van der Waals surface area contributed by atoms with Crippen molar-refractivity contribution in [2.45, 2.75) is 19.2 Å². The molecular weight excluding hydrogens is 307 g/mol. The van der Waals surface area contributed by atoms with Crippen molar-refractivity contribution < 1.29 is 22.7 Å². The number of halogens is 3. The maximum absolute atomic E-state index is 13.3. The number of nitrogens with zero attached hydrogens (tertiary/aromatic N) is 1. The Hall–Kier alpha value is -2.50. The Labute approximate surface area is 130 Å². The molecule has 0 bridgehead atoms. The summed E-state index contributed by atoms with van der Waals surface area (Å²) in [5, 5.41) is 0. The quantitative estimate of drug-likeness (QED) is 0.724. The van der Waals surface area contributed by atoms with Crippen LogP contribution in [-0.4, -0.2) is 12.3 Å². The van der Waals surface area contributed by atoms with Gasteiger partial charge in [0.05, 0.1) is 16.8 Å². The number of hydrogen-bond donors (Lipinski definition) is 0. The predicted molar refractivity (Wildman–Crippen MR) is 78.2 cm³/mol. The standard InChI is InChI=1S/C17H12F3NO2/c18-17(19,20)11-5-6-14-16-15(11)13(22)7-8-21(16)12-4-2-1-3-10(12)9-23-14/h1-6H,7-9H2. The predicted octanol–water partition coefficient (Wildman–Crippen LogP) is 4.32. The van der Waals surface area contributed by atoms with Crippen LogP contribution in [-0.2, 0) is 12.8 Å². The van der Waals surface area contributed by atoms with E-state index in [2.05, 4.69) is 0 Å². The van der Waals surface area contributed by atoms with Crippen LogP contribution in [0.3, 0.4) is 0 Å². The van der Waals surface area contributed by atoms with E-state index in [0.29, 0.717) is 12.3 Å². The minimum atomic E-state index is -4.57. The number of rotatable bonds is 0. The molecule has 2 heterocycles. The number of carbonyl (C=O) groups is 1. The lowest BCUT2D eigenvalue weighted by molar-refractivity contribution is -0.137. The van der Waals surface area contributed by atoms with Crippen LogP contribution in [0.5, 0.6) is 5.75 Å². The van der Waals surface area contributed by atoms with Gasteiger partial charge in [0.2, 0.25) is 0 Å². The molecule has 4 rings (SSSR count). The van der Waals surface area contributed by atoms with Crippen molar-refractivity contribution in [1.29, 1.82) is 0 Å². The highest BCUT2D eigenvalue weighted by molar-refractivity contribution is 6.07. The molecule has 3 nitrogen and oxygen atoms in total. The first-order valence-electron chi connectivity index (χ1n) is 7.22. The van der Waals surface area contributed by atoms with Crippen LogP contribution in [0.25, 0.3) is 0 Å². The SMILES string of the molecule is O=C1CCN2c3ccccc3COc3ccc(C(F)(F)F)c1c32. The van der Waals surface area contributed by atoms with E-state index < -0.39 is 17.5 Å². The highest BCUT2D eigenvalue weighted by atomic mass is 19.4. The Kier molecular flexibility index (Phi) is 2.91. The zero-order valence-corrected chi connectivity index (χ0v) is 12.0. The van der Waals surface area contributed by atoms with Crippen molar-refractivity contribution >= 4 is 17.2 Å². The molecule has 0 saturated carbocycles. The smallest absolute Gasteiger partial charge is 0.417 e. The number of benzene rings is 2. The van der Waals surface area contributed by atoms with Gasteiger partial charge in [0.25, 0.3) is 0 Å². The number of carbonyl (C=O) groups excluding carboxylic acids is 1. The molecule has 0 radical (unpaired) electrons. The molecule has 0 unspecified atom stereocenters.